The van der Waals surface area contributed by atoms with Crippen LogP contribution in [-0.4, -0.2) is 23.0 Å². The van der Waals surface area contributed by atoms with Crippen LogP contribution >= 0.6 is 0 Å². The fourth-order valence-electron chi connectivity index (χ4n) is 1.74. The summed E-state index contributed by atoms with van der Waals surface area (Å²) in [5.41, 5.74) is 0.974. The van der Waals surface area contributed by atoms with Crippen molar-refractivity contribution in [1.82, 2.24) is 9.88 Å². The van der Waals surface area contributed by atoms with Gasteiger partial charge in [-0.05, 0) is 37.6 Å². The van der Waals surface area contributed by atoms with Crippen LogP contribution in [0.1, 0.15) is 18.4 Å². The third-order valence-corrected chi connectivity index (χ3v) is 2.37. The Morgan fingerprint density at radius 3 is 2.77 bits per heavy atom. The van der Waals surface area contributed by atoms with Gasteiger partial charge in [0.25, 0.3) is 0 Å². The van der Waals surface area contributed by atoms with Gasteiger partial charge in [0.15, 0.2) is 0 Å². The summed E-state index contributed by atoms with van der Waals surface area (Å²) in [5, 5.41) is 0. The Bertz CT molecular complexity index is 282. The van der Waals surface area contributed by atoms with E-state index in [1.807, 2.05) is 0 Å². The number of pyridine rings is 1. The molecule has 0 atom stereocenters. The van der Waals surface area contributed by atoms with Gasteiger partial charge >= 0.3 is 0 Å². The summed E-state index contributed by atoms with van der Waals surface area (Å²) in [5.74, 6) is -0.239. The lowest BCUT2D eigenvalue weighted by Crippen LogP contribution is -2.18. The largest absolute Gasteiger partial charge is 0.299 e. The maximum absolute atomic E-state index is 12.8. The minimum Gasteiger partial charge on any atom is -0.299 e. The highest BCUT2D eigenvalue weighted by molar-refractivity contribution is 5.10. The topological polar surface area (TPSA) is 16.1 Å². The number of hydrogen-bond acceptors (Lipinski definition) is 2. The Morgan fingerprint density at radius 2 is 2.08 bits per heavy atom. The molecular formula is C10H13FN2. The zero-order chi connectivity index (χ0) is 9.10. The van der Waals surface area contributed by atoms with Gasteiger partial charge in [0.2, 0.25) is 0 Å². The van der Waals surface area contributed by atoms with Crippen molar-refractivity contribution in [3.05, 3.63) is 29.8 Å². The lowest BCUT2D eigenvalue weighted by molar-refractivity contribution is 0.330. The quantitative estimate of drug-likeness (QED) is 0.690. The highest BCUT2D eigenvalue weighted by Crippen LogP contribution is 2.12. The van der Waals surface area contributed by atoms with Gasteiger partial charge in [-0.25, -0.2) is 4.39 Å². The van der Waals surface area contributed by atoms with Gasteiger partial charge in [-0.1, -0.05) is 0 Å². The normalized spacial score (nSPS) is 17.9. The molecule has 70 valence electrons. The van der Waals surface area contributed by atoms with E-state index < -0.39 is 0 Å². The molecule has 1 fully saturated rings. The molecule has 2 rings (SSSR count). The monoisotopic (exact) mass is 180 g/mol. The molecule has 0 unspecified atom stereocenters. The van der Waals surface area contributed by atoms with Gasteiger partial charge in [0.05, 0.1) is 6.20 Å². The Labute approximate surface area is 77.4 Å². The highest BCUT2D eigenvalue weighted by atomic mass is 19.1. The van der Waals surface area contributed by atoms with Crippen molar-refractivity contribution in [2.45, 2.75) is 19.4 Å². The first kappa shape index (κ1) is 8.63. The summed E-state index contributed by atoms with van der Waals surface area (Å²) < 4.78 is 12.8. The van der Waals surface area contributed by atoms with Crippen LogP contribution in [0.5, 0.6) is 0 Å². The van der Waals surface area contributed by atoms with Crippen molar-refractivity contribution in [2.75, 3.05) is 13.1 Å². The predicted octanol–water partition coefficient (Wildman–Crippen LogP) is 1.82. The molecule has 1 aliphatic rings. The smallest absolute Gasteiger partial charge is 0.141 e. The molecule has 0 aromatic carbocycles. The molecule has 2 nitrogen and oxygen atoms in total. The Hall–Kier alpha value is -0.960. The molecule has 3 heteroatoms. The number of aromatic nitrogens is 1. The first-order valence-electron chi connectivity index (χ1n) is 4.66. The maximum atomic E-state index is 12.8. The maximum Gasteiger partial charge on any atom is 0.141 e. The molecule has 0 spiro atoms. The van der Waals surface area contributed by atoms with Crippen LogP contribution in [0.25, 0.3) is 0 Å². The van der Waals surface area contributed by atoms with E-state index in [-0.39, 0.29) is 5.82 Å². The van der Waals surface area contributed by atoms with E-state index in [2.05, 4.69) is 9.88 Å². The van der Waals surface area contributed by atoms with Crippen LogP contribution in [0.4, 0.5) is 4.39 Å². The molecule has 13 heavy (non-hydrogen) atoms. The summed E-state index contributed by atoms with van der Waals surface area (Å²) in [6.07, 6.45) is 5.51. The molecule has 2 heterocycles. The molecule has 0 saturated carbocycles. The number of rotatable bonds is 2. The lowest BCUT2D eigenvalue weighted by Gasteiger charge is -2.13. The molecule has 1 aromatic rings. The second-order valence-electron chi connectivity index (χ2n) is 3.49. The Kier molecular flexibility index (Phi) is 2.54. The second kappa shape index (κ2) is 3.83. The summed E-state index contributed by atoms with van der Waals surface area (Å²) in [6, 6.07) is 1.56. The SMILES string of the molecule is Fc1cncc(CN2CCCC2)c1. The number of halogens is 1. The van der Waals surface area contributed by atoms with Crippen LogP contribution in [0.2, 0.25) is 0 Å². The van der Waals surface area contributed by atoms with E-state index in [0.717, 1.165) is 25.2 Å². The molecule has 0 N–H and O–H groups in total. The zero-order valence-electron chi connectivity index (χ0n) is 7.54. The van der Waals surface area contributed by atoms with E-state index in [4.69, 9.17) is 0 Å². The van der Waals surface area contributed by atoms with Gasteiger partial charge in [-0.3, -0.25) is 9.88 Å². The summed E-state index contributed by atoms with van der Waals surface area (Å²) in [4.78, 5) is 6.15. The van der Waals surface area contributed by atoms with Crippen LogP contribution in [-0.2, 0) is 6.54 Å². The molecule has 1 saturated heterocycles. The van der Waals surface area contributed by atoms with E-state index in [1.165, 1.54) is 19.0 Å². The van der Waals surface area contributed by atoms with Crippen LogP contribution in [0.15, 0.2) is 18.5 Å². The van der Waals surface area contributed by atoms with Gasteiger partial charge in [-0.15, -0.1) is 0 Å². The van der Waals surface area contributed by atoms with Crippen molar-refractivity contribution >= 4 is 0 Å². The van der Waals surface area contributed by atoms with Crippen LogP contribution in [0, 0.1) is 5.82 Å². The molecule has 0 radical (unpaired) electrons. The summed E-state index contributed by atoms with van der Waals surface area (Å²) >= 11 is 0. The lowest BCUT2D eigenvalue weighted by atomic mass is 10.2. The molecule has 0 amide bonds. The molecule has 1 aliphatic heterocycles. The summed E-state index contributed by atoms with van der Waals surface area (Å²) in [7, 11) is 0. The van der Waals surface area contributed by atoms with Crippen LogP contribution < -0.4 is 0 Å². The minimum absolute atomic E-state index is 0.239. The average molecular weight is 180 g/mol. The minimum atomic E-state index is -0.239. The molecule has 1 aromatic heterocycles. The Morgan fingerprint density at radius 1 is 1.31 bits per heavy atom. The summed E-state index contributed by atoms with van der Waals surface area (Å²) in [6.45, 7) is 3.11. The zero-order valence-corrected chi connectivity index (χ0v) is 7.54. The highest BCUT2D eigenvalue weighted by Gasteiger charge is 2.11. The van der Waals surface area contributed by atoms with Crippen LogP contribution in [0.3, 0.4) is 0 Å². The van der Waals surface area contributed by atoms with Gasteiger partial charge in [0.1, 0.15) is 5.82 Å². The first-order chi connectivity index (χ1) is 6.34. The molecular weight excluding hydrogens is 167 g/mol. The molecule has 0 aliphatic carbocycles. The van der Waals surface area contributed by atoms with Crippen molar-refractivity contribution in [2.24, 2.45) is 0 Å². The van der Waals surface area contributed by atoms with E-state index >= 15 is 0 Å². The van der Waals surface area contributed by atoms with Gasteiger partial charge in [0, 0.05) is 12.7 Å². The van der Waals surface area contributed by atoms with Crippen molar-refractivity contribution in [3.8, 4) is 0 Å². The fraction of sp³-hybridized carbons (Fsp3) is 0.500. The first-order valence-corrected chi connectivity index (χ1v) is 4.66. The number of likely N-dealkylation sites (tertiary alicyclic amines) is 1. The number of hydrogen-bond donors (Lipinski definition) is 0. The van der Waals surface area contributed by atoms with Gasteiger partial charge in [-0.2, -0.15) is 0 Å². The fourth-order valence-corrected chi connectivity index (χ4v) is 1.74. The number of nitrogens with zero attached hydrogens (tertiary/aromatic N) is 2. The standard InChI is InChI=1S/C10H13FN2/c11-10-5-9(6-12-7-10)8-13-3-1-2-4-13/h5-7H,1-4,8H2. The third-order valence-electron chi connectivity index (χ3n) is 2.37. The van der Waals surface area contributed by atoms with Crippen molar-refractivity contribution in [1.29, 1.82) is 0 Å². The second-order valence-corrected chi connectivity index (χ2v) is 3.49. The Balaban J connectivity index is 2.00. The van der Waals surface area contributed by atoms with Gasteiger partial charge < -0.3 is 0 Å². The predicted molar refractivity (Wildman–Crippen MR) is 48.7 cm³/mol. The van der Waals surface area contributed by atoms with Crippen molar-refractivity contribution < 1.29 is 4.39 Å². The third kappa shape index (κ3) is 2.25. The van der Waals surface area contributed by atoms with E-state index in [1.54, 1.807) is 12.3 Å². The average Bonchev–Trinajstić information content (AvgIpc) is 2.57. The van der Waals surface area contributed by atoms with E-state index in [9.17, 15) is 4.39 Å². The van der Waals surface area contributed by atoms with E-state index in [0.29, 0.717) is 0 Å². The molecule has 0 bridgehead atoms. The van der Waals surface area contributed by atoms with Crippen molar-refractivity contribution in [3.63, 3.8) is 0 Å².